The number of carbonyl (C=O) groups excluding carboxylic acids is 1. The Balaban J connectivity index is 1.96. The zero-order valence-electron chi connectivity index (χ0n) is 14.7. The number of aromatic nitrogens is 2. The maximum absolute atomic E-state index is 12.0. The number of nitrogens with one attached hydrogen (secondary N) is 1. The number of nitrogens with zero attached hydrogens (tertiary/aromatic N) is 2. The third-order valence-electron chi connectivity index (χ3n) is 4.88. The van der Waals surface area contributed by atoms with Gasteiger partial charge in [-0.1, -0.05) is 18.2 Å². The molecule has 4 rings (SSSR count). The molecule has 0 unspecified atom stereocenters. The topological polar surface area (TPSA) is 93.2 Å². The average Bonchev–Trinajstić information content (AvgIpc) is 2.93. The first-order valence-electron chi connectivity index (χ1n) is 8.46. The van der Waals surface area contributed by atoms with Crippen LogP contribution in [0.1, 0.15) is 5.56 Å². The van der Waals surface area contributed by atoms with Gasteiger partial charge in [0.05, 0.1) is 17.6 Å². The highest BCUT2D eigenvalue weighted by molar-refractivity contribution is 6.13. The van der Waals surface area contributed by atoms with Crippen molar-refractivity contribution in [2.24, 2.45) is 12.8 Å². The van der Waals surface area contributed by atoms with Crippen LogP contribution in [-0.2, 0) is 11.8 Å². The number of anilines is 1. The van der Waals surface area contributed by atoms with Crippen LogP contribution in [0.4, 0.5) is 5.69 Å². The van der Waals surface area contributed by atoms with Gasteiger partial charge in [-0.15, -0.1) is 0 Å². The highest BCUT2D eigenvalue weighted by Gasteiger charge is 2.16. The number of fused-ring (bicyclic) bond motifs is 4. The fourth-order valence-electron chi connectivity index (χ4n) is 3.46. The Morgan fingerprint density at radius 2 is 2.04 bits per heavy atom. The van der Waals surface area contributed by atoms with Gasteiger partial charge in [0.15, 0.2) is 0 Å². The van der Waals surface area contributed by atoms with Crippen LogP contribution in [0.3, 0.4) is 0 Å². The molecule has 2 heterocycles. The molecule has 4 N–H and O–H groups in total. The van der Waals surface area contributed by atoms with E-state index in [-0.39, 0.29) is 0 Å². The van der Waals surface area contributed by atoms with E-state index in [1.54, 1.807) is 0 Å². The lowest BCUT2D eigenvalue weighted by Gasteiger charge is -2.10. The Bertz CT molecular complexity index is 1160. The average molecular weight is 348 g/mol. The summed E-state index contributed by atoms with van der Waals surface area (Å²) in [5.74, 6) is -0.410. The van der Waals surface area contributed by atoms with E-state index in [2.05, 4.69) is 22.9 Å². The van der Waals surface area contributed by atoms with E-state index < -0.39 is 18.6 Å². The Labute approximate surface area is 150 Å². The minimum Gasteiger partial charge on any atom is -0.394 e. The van der Waals surface area contributed by atoms with Gasteiger partial charge in [0.1, 0.15) is 11.7 Å². The summed E-state index contributed by atoms with van der Waals surface area (Å²) in [5.41, 5.74) is 10.3. The minimum absolute atomic E-state index is 0.392. The molecule has 1 amide bonds. The van der Waals surface area contributed by atoms with Gasteiger partial charge in [-0.05, 0) is 36.8 Å². The Kier molecular flexibility index (Phi) is 3.86. The maximum Gasteiger partial charge on any atom is 0.243 e. The SMILES string of the molecule is Cc1c2ccccc2nc2c1c1cc(NC(=O)[C@@H](N)CO)ccc1n2C. The lowest BCUT2D eigenvalue weighted by atomic mass is 10.0. The molecule has 2 aromatic carbocycles. The van der Waals surface area contributed by atoms with Gasteiger partial charge >= 0.3 is 0 Å². The number of aliphatic hydroxyl groups is 1. The van der Waals surface area contributed by atoms with Crippen molar-refractivity contribution in [2.45, 2.75) is 13.0 Å². The lowest BCUT2D eigenvalue weighted by molar-refractivity contribution is -0.118. The number of aliphatic hydroxyl groups excluding tert-OH is 1. The summed E-state index contributed by atoms with van der Waals surface area (Å²) in [4.78, 5) is 16.8. The lowest BCUT2D eigenvalue weighted by Crippen LogP contribution is -2.38. The van der Waals surface area contributed by atoms with E-state index in [0.717, 1.165) is 38.4 Å². The Morgan fingerprint density at radius 3 is 2.81 bits per heavy atom. The largest absolute Gasteiger partial charge is 0.394 e. The molecule has 0 radical (unpaired) electrons. The van der Waals surface area contributed by atoms with E-state index >= 15 is 0 Å². The fraction of sp³-hybridized carbons (Fsp3) is 0.200. The molecular weight excluding hydrogens is 328 g/mol. The highest BCUT2D eigenvalue weighted by Crippen LogP contribution is 2.34. The normalized spacial score (nSPS) is 12.8. The molecule has 4 aromatic rings. The third-order valence-corrected chi connectivity index (χ3v) is 4.88. The van der Waals surface area contributed by atoms with Crippen molar-refractivity contribution in [3.8, 4) is 0 Å². The predicted octanol–water partition coefficient (Wildman–Crippen LogP) is 2.45. The molecule has 0 bridgehead atoms. The molecule has 2 aromatic heterocycles. The molecule has 0 saturated carbocycles. The van der Waals surface area contributed by atoms with E-state index in [1.165, 1.54) is 0 Å². The molecule has 132 valence electrons. The molecule has 6 nitrogen and oxygen atoms in total. The standard InChI is InChI=1S/C20H20N4O2/c1-11-13-5-3-4-6-16(13)23-19-18(11)14-9-12(7-8-17(14)24(19)2)22-20(26)15(21)10-25/h3-9,15,25H,10,21H2,1-2H3,(H,22,26)/t15-/m0/s1. The second-order valence-electron chi connectivity index (χ2n) is 6.52. The number of benzene rings is 2. The number of rotatable bonds is 3. The summed E-state index contributed by atoms with van der Waals surface area (Å²) in [6, 6.07) is 12.9. The molecular formula is C20H20N4O2. The first-order valence-corrected chi connectivity index (χ1v) is 8.46. The van der Waals surface area contributed by atoms with Gasteiger partial charge < -0.3 is 20.7 Å². The van der Waals surface area contributed by atoms with Crippen LogP contribution < -0.4 is 11.1 Å². The molecule has 0 fully saturated rings. The van der Waals surface area contributed by atoms with Crippen molar-refractivity contribution in [1.29, 1.82) is 0 Å². The first kappa shape index (κ1) is 16.5. The number of aryl methyl sites for hydroxylation is 2. The zero-order chi connectivity index (χ0) is 18.4. The smallest absolute Gasteiger partial charge is 0.243 e. The summed E-state index contributed by atoms with van der Waals surface area (Å²) in [6.07, 6.45) is 0. The molecule has 0 saturated heterocycles. The molecule has 0 aliphatic heterocycles. The number of pyridine rings is 1. The molecule has 1 atom stereocenters. The molecule has 0 aliphatic rings. The molecule has 26 heavy (non-hydrogen) atoms. The summed E-state index contributed by atoms with van der Waals surface area (Å²) in [7, 11) is 1.99. The second-order valence-corrected chi connectivity index (χ2v) is 6.52. The van der Waals surface area contributed by atoms with E-state index in [4.69, 9.17) is 15.8 Å². The van der Waals surface area contributed by atoms with Crippen LogP contribution in [0.2, 0.25) is 0 Å². The van der Waals surface area contributed by atoms with Crippen molar-refractivity contribution < 1.29 is 9.90 Å². The van der Waals surface area contributed by atoms with Gasteiger partial charge in [0.2, 0.25) is 5.91 Å². The van der Waals surface area contributed by atoms with Gasteiger partial charge in [-0.2, -0.15) is 0 Å². The van der Waals surface area contributed by atoms with Crippen molar-refractivity contribution >= 4 is 44.4 Å². The maximum atomic E-state index is 12.0. The van der Waals surface area contributed by atoms with Crippen molar-refractivity contribution in [1.82, 2.24) is 9.55 Å². The first-order chi connectivity index (χ1) is 12.5. The monoisotopic (exact) mass is 348 g/mol. The van der Waals surface area contributed by atoms with E-state index in [1.807, 2.05) is 43.4 Å². The van der Waals surface area contributed by atoms with Crippen LogP contribution in [0.25, 0.3) is 32.8 Å². The molecule has 0 aliphatic carbocycles. The minimum atomic E-state index is -0.939. The van der Waals surface area contributed by atoms with Crippen molar-refractivity contribution in [3.05, 3.63) is 48.0 Å². The number of amides is 1. The fourth-order valence-corrected chi connectivity index (χ4v) is 3.46. The van der Waals surface area contributed by atoms with Crippen LogP contribution in [0.15, 0.2) is 42.5 Å². The summed E-state index contributed by atoms with van der Waals surface area (Å²) >= 11 is 0. The quantitative estimate of drug-likeness (QED) is 0.530. The van der Waals surface area contributed by atoms with Crippen LogP contribution in [-0.4, -0.2) is 33.2 Å². The van der Waals surface area contributed by atoms with Gasteiger partial charge in [-0.3, -0.25) is 4.79 Å². The third kappa shape index (κ3) is 2.42. The Morgan fingerprint density at radius 1 is 1.27 bits per heavy atom. The van der Waals surface area contributed by atoms with Crippen LogP contribution in [0, 0.1) is 6.92 Å². The van der Waals surface area contributed by atoms with Crippen molar-refractivity contribution in [3.63, 3.8) is 0 Å². The molecule has 0 spiro atoms. The van der Waals surface area contributed by atoms with Gasteiger partial charge in [0.25, 0.3) is 0 Å². The number of para-hydroxylation sites is 1. The summed E-state index contributed by atoms with van der Waals surface area (Å²) < 4.78 is 2.06. The zero-order valence-corrected chi connectivity index (χ0v) is 14.7. The number of nitrogens with two attached hydrogens (primary N) is 1. The Hall–Kier alpha value is -2.96. The second kappa shape index (κ2) is 6.09. The van der Waals surface area contributed by atoms with Gasteiger partial charge in [-0.25, -0.2) is 4.98 Å². The molecule has 6 heteroatoms. The summed E-state index contributed by atoms with van der Waals surface area (Å²) in [6.45, 7) is 1.70. The van der Waals surface area contributed by atoms with E-state index in [0.29, 0.717) is 5.69 Å². The van der Waals surface area contributed by atoms with Crippen molar-refractivity contribution in [2.75, 3.05) is 11.9 Å². The van der Waals surface area contributed by atoms with Crippen LogP contribution >= 0.6 is 0 Å². The van der Waals surface area contributed by atoms with Gasteiger partial charge in [0, 0.05) is 28.9 Å². The highest BCUT2D eigenvalue weighted by atomic mass is 16.3. The van der Waals surface area contributed by atoms with E-state index in [9.17, 15) is 4.79 Å². The number of carbonyl (C=O) groups is 1. The number of hydrogen-bond donors (Lipinski definition) is 3. The predicted molar refractivity (Wildman–Crippen MR) is 104 cm³/mol. The van der Waals surface area contributed by atoms with Crippen LogP contribution in [0.5, 0.6) is 0 Å². The number of hydrogen-bond acceptors (Lipinski definition) is 4. The summed E-state index contributed by atoms with van der Waals surface area (Å²) in [5, 5.41) is 15.0.